The molecule has 1 heterocycles. The molecular formula is C12H18N4O. The van der Waals surface area contributed by atoms with E-state index in [1.54, 1.807) is 12.1 Å². The molecule has 2 rings (SSSR count). The number of nitrogen functional groups attached to an aromatic ring is 1. The van der Waals surface area contributed by atoms with E-state index in [0.29, 0.717) is 24.0 Å². The highest BCUT2D eigenvalue weighted by atomic mass is 16.2. The molecule has 0 unspecified atom stereocenters. The first-order chi connectivity index (χ1) is 8.20. The first kappa shape index (κ1) is 11.8. The molecule has 0 saturated heterocycles. The van der Waals surface area contributed by atoms with Crippen LogP contribution in [0.2, 0.25) is 0 Å². The van der Waals surface area contributed by atoms with E-state index in [1.165, 1.54) is 19.3 Å². The second-order valence-corrected chi connectivity index (χ2v) is 4.48. The Morgan fingerprint density at radius 1 is 1.47 bits per heavy atom. The van der Waals surface area contributed by atoms with Crippen LogP contribution in [0.4, 0.5) is 5.82 Å². The fourth-order valence-electron chi connectivity index (χ4n) is 1.96. The Hall–Kier alpha value is -1.65. The predicted molar refractivity (Wildman–Crippen MR) is 65.4 cm³/mol. The van der Waals surface area contributed by atoms with Gasteiger partial charge in [0.05, 0.1) is 0 Å². The minimum Gasteiger partial charge on any atom is -0.382 e. The van der Waals surface area contributed by atoms with Gasteiger partial charge in [-0.25, -0.2) is 0 Å². The van der Waals surface area contributed by atoms with Gasteiger partial charge in [-0.1, -0.05) is 6.42 Å². The number of nitrogens with two attached hydrogens (primary N) is 1. The average molecular weight is 234 g/mol. The van der Waals surface area contributed by atoms with Gasteiger partial charge >= 0.3 is 0 Å². The first-order valence-electron chi connectivity index (χ1n) is 6.09. The molecule has 0 atom stereocenters. The van der Waals surface area contributed by atoms with E-state index in [-0.39, 0.29) is 5.91 Å². The van der Waals surface area contributed by atoms with Gasteiger partial charge in [0.15, 0.2) is 5.69 Å². The number of anilines is 1. The Labute approximate surface area is 101 Å². The summed E-state index contributed by atoms with van der Waals surface area (Å²) in [6.45, 7) is 3.53. The highest BCUT2D eigenvalue weighted by Crippen LogP contribution is 2.27. The van der Waals surface area contributed by atoms with Gasteiger partial charge in [0.2, 0.25) is 0 Å². The van der Waals surface area contributed by atoms with E-state index in [0.717, 1.165) is 6.54 Å². The monoisotopic (exact) mass is 234 g/mol. The highest BCUT2D eigenvalue weighted by Gasteiger charge is 2.24. The summed E-state index contributed by atoms with van der Waals surface area (Å²) in [6, 6.07) is 3.24. The lowest BCUT2D eigenvalue weighted by atomic mass is 9.85. The topological polar surface area (TPSA) is 72.1 Å². The van der Waals surface area contributed by atoms with E-state index in [4.69, 9.17) is 5.73 Å². The second kappa shape index (κ2) is 5.12. The van der Waals surface area contributed by atoms with Crippen LogP contribution in [0.5, 0.6) is 0 Å². The van der Waals surface area contributed by atoms with Crippen LogP contribution >= 0.6 is 0 Å². The second-order valence-electron chi connectivity index (χ2n) is 4.48. The molecule has 1 aliphatic carbocycles. The van der Waals surface area contributed by atoms with Crippen LogP contribution in [0.3, 0.4) is 0 Å². The van der Waals surface area contributed by atoms with Crippen molar-refractivity contribution in [2.75, 3.05) is 18.8 Å². The summed E-state index contributed by atoms with van der Waals surface area (Å²) in [5.41, 5.74) is 5.82. The van der Waals surface area contributed by atoms with Crippen LogP contribution in [0.15, 0.2) is 12.1 Å². The molecule has 0 aliphatic heterocycles. The van der Waals surface area contributed by atoms with Crippen molar-refractivity contribution >= 4 is 11.7 Å². The summed E-state index contributed by atoms with van der Waals surface area (Å²) in [5, 5.41) is 7.54. The summed E-state index contributed by atoms with van der Waals surface area (Å²) < 4.78 is 0. The highest BCUT2D eigenvalue weighted by molar-refractivity contribution is 5.92. The van der Waals surface area contributed by atoms with Crippen molar-refractivity contribution in [3.8, 4) is 0 Å². The Morgan fingerprint density at radius 3 is 2.71 bits per heavy atom. The number of rotatable bonds is 4. The van der Waals surface area contributed by atoms with Crippen LogP contribution in [0.25, 0.3) is 0 Å². The zero-order valence-electron chi connectivity index (χ0n) is 10.1. The lowest BCUT2D eigenvalue weighted by Crippen LogP contribution is -2.37. The van der Waals surface area contributed by atoms with Crippen LogP contribution in [0, 0.1) is 5.92 Å². The molecule has 1 aromatic rings. The lowest BCUT2D eigenvalue weighted by molar-refractivity contribution is 0.0699. The van der Waals surface area contributed by atoms with Crippen molar-refractivity contribution in [1.82, 2.24) is 15.1 Å². The van der Waals surface area contributed by atoms with Crippen LogP contribution in [0.1, 0.15) is 36.7 Å². The van der Waals surface area contributed by atoms with Crippen LogP contribution in [-0.4, -0.2) is 34.1 Å². The fraction of sp³-hybridized carbons (Fsp3) is 0.583. The zero-order valence-corrected chi connectivity index (χ0v) is 10.1. The quantitative estimate of drug-likeness (QED) is 0.852. The zero-order chi connectivity index (χ0) is 12.3. The fourth-order valence-corrected chi connectivity index (χ4v) is 1.96. The molecule has 2 N–H and O–H groups in total. The summed E-state index contributed by atoms with van der Waals surface area (Å²) in [6.07, 6.45) is 3.76. The summed E-state index contributed by atoms with van der Waals surface area (Å²) in [7, 11) is 0. The van der Waals surface area contributed by atoms with E-state index < -0.39 is 0 Å². The van der Waals surface area contributed by atoms with Gasteiger partial charge in [-0.15, -0.1) is 10.2 Å². The number of carbonyl (C=O) groups excluding carboxylic acids is 1. The molecule has 0 aromatic carbocycles. The third kappa shape index (κ3) is 2.72. The molecule has 5 nitrogen and oxygen atoms in total. The molecule has 5 heteroatoms. The summed E-state index contributed by atoms with van der Waals surface area (Å²) in [5.74, 6) is 0.955. The van der Waals surface area contributed by atoms with Gasteiger partial charge in [0, 0.05) is 13.1 Å². The van der Waals surface area contributed by atoms with E-state index in [1.807, 2.05) is 11.8 Å². The average Bonchev–Trinajstić information content (AvgIpc) is 2.28. The van der Waals surface area contributed by atoms with Crippen molar-refractivity contribution in [3.63, 3.8) is 0 Å². The van der Waals surface area contributed by atoms with Crippen LogP contribution in [-0.2, 0) is 0 Å². The van der Waals surface area contributed by atoms with E-state index >= 15 is 0 Å². The van der Waals surface area contributed by atoms with Crippen molar-refractivity contribution in [1.29, 1.82) is 0 Å². The molecule has 17 heavy (non-hydrogen) atoms. The Bertz CT molecular complexity index is 386. The number of hydrogen-bond donors (Lipinski definition) is 1. The maximum absolute atomic E-state index is 12.1. The molecular weight excluding hydrogens is 216 g/mol. The molecule has 92 valence electrons. The number of aromatic nitrogens is 2. The van der Waals surface area contributed by atoms with E-state index in [9.17, 15) is 4.79 Å². The smallest absolute Gasteiger partial charge is 0.274 e. The molecule has 0 bridgehead atoms. The molecule has 1 saturated carbocycles. The Balaban J connectivity index is 2.02. The van der Waals surface area contributed by atoms with E-state index in [2.05, 4.69) is 10.2 Å². The third-order valence-electron chi connectivity index (χ3n) is 3.28. The SMILES string of the molecule is CCN(CC1CCC1)C(=O)c1ccc(N)nn1. The first-order valence-corrected chi connectivity index (χ1v) is 6.09. The molecule has 0 radical (unpaired) electrons. The third-order valence-corrected chi connectivity index (χ3v) is 3.28. The molecule has 1 amide bonds. The Morgan fingerprint density at radius 2 is 2.24 bits per heavy atom. The van der Waals surface area contributed by atoms with Crippen molar-refractivity contribution in [2.24, 2.45) is 5.92 Å². The summed E-state index contributed by atoms with van der Waals surface area (Å²) in [4.78, 5) is 14.0. The molecule has 1 fully saturated rings. The molecule has 1 aromatic heterocycles. The van der Waals surface area contributed by atoms with Gasteiger partial charge in [0.25, 0.3) is 5.91 Å². The summed E-state index contributed by atoms with van der Waals surface area (Å²) >= 11 is 0. The maximum Gasteiger partial charge on any atom is 0.274 e. The lowest BCUT2D eigenvalue weighted by Gasteiger charge is -2.31. The van der Waals surface area contributed by atoms with Crippen molar-refractivity contribution < 1.29 is 4.79 Å². The van der Waals surface area contributed by atoms with Crippen molar-refractivity contribution in [3.05, 3.63) is 17.8 Å². The molecule has 0 spiro atoms. The minimum atomic E-state index is -0.0492. The van der Waals surface area contributed by atoms with Gasteiger partial charge in [0.1, 0.15) is 5.82 Å². The van der Waals surface area contributed by atoms with Gasteiger partial charge < -0.3 is 10.6 Å². The number of hydrogen-bond acceptors (Lipinski definition) is 4. The number of amides is 1. The van der Waals surface area contributed by atoms with Gasteiger partial charge in [-0.05, 0) is 37.8 Å². The standard InChI is InChI=1S/C12H18N4O/c1-2-16(8-9-4-3-5-9)12(17)10-6-7-11(13)15-14-10/h6-7,9H,2-5,8H2,1H3,(H2,13,15). The predicted octanol–water partition coefficient (Wildman–Crippen LogP) is 1.32. The normalized spacial score (nSPS) is 15.4. The van der Waals surface area contributed by atoms with Crippen LogP contribution < -0.4 is 5.73 Å². The largest absolute Gasteiger partial charge is 0.382 e. The molecule has 1 aliphatic rings. The minimum absolute atomic E-state index is 0.0492. The Kier molecular flexibility index (Phi) is 3.56. The number of carbonyl (C=O) groups is 1. The van der Waals surface area contributed by atoms with Gasteiger partial charge in [-0.2, -0.15) is 0 Å². The van der Waals surface area contributed by atoms with Gasteiger partial charge in [-0.3, -0.25) is 4.79 Å². The number of nitrogens with zero attached hydrogens (tertiary/aromatic N) is 3. The maximum atomic E-state index is 12.1. The van der Waals surface area contributed by atoms with Crippen molar-refractivity contribution in [2.45, 2.75) is 26.2 Å².